The number of nitrogens with zero attached hydrogens (tertiary/aromatic N) is 6. The maximum Gasteiger partial charge on any atom is 0.323 e. The van der Waals surface area contributed by atoms with Crippen molar-refractivity contribution in [2.75, 3.05) is 12.4 Å². The third-order valence-corrected chi connectivity index (χ3v) is 6.72. The van der Waals surface area contributed by atoms with Crippen molar-refractivity contribution >= 4 is 44.1 Å². The third kappa shape index (κ3) is 5.17. The summed E-state index contributed by atoms with van der Waals surface area (Å²) in [6.45, 7) is 5.84. The Balaban J connectivity index is 1.48. The zero-order valence-electron chi connectivity index (χ0n) is 21.0. The minimum atomic E-state index is -0.283. The van der Waals surface area contributed by atoms with E-state index in [9.17, 15) is 10.1 Å². The van der Waals surface area contributed by atoms with Crippen molar-refractivity contribution in [2.45, 2.75) is 6.92 Å². The molecule has 0 fully saturated rings. The van der Waals surface area contributed by atoms with Crippen LogP contribution in [-0.2, 0) is 0 Å². The highest BCUT2D eigenvalue weighted by molar-refractivity contribution is 7.20. The fourth-order valence-corrected chi connectivity index (χ4v) is 4.74. The summed E-state index contributed by atoms with van der Waals surface area (Å²) >= 11 is 1.43. The number of aromatic nitrogens is 5. The van der Waals surface area contributed by atoms with Crippen molar-refractivity contribution in [3.05, 3.63) is 100 Å². The second-order valence-corrected chi connectivity index (χ2v) is 9.40. The van der Waals surface area contributed by atoms with Crippen LogP contribution < -0.4 is 22.1 Å². The lowest BCUT2D eigenvalue weighted by molar-refractivity contribution is 0.856. The quantitative estimate of drug-likeness (QED) is 0.143. The zero-order valence-corrected chi connectivity index (χ0v) is 21.8. The normalized spacial score (nSPS) is 12.6. The number of nitrogens with two attached hydrogens (primary N) is 1. The maximum absolute atomic E-state index is 11.5. The maximum atomic E-state index is 11.5. The molecule has 2 aromatic carbocycles. The Labute approximate surface area is 225 Å². The number of rotatable bonds is 8. The molecule has 194 valence electrons. The van der Waals surface area contributed by atoms with Gasteiger partial charge < -0.3 is 26.3 Å². The van der Waals surface area contributed by atoms with Crippen molar-refractivity contribution in [1.29, 1.82) is 5.26 Å². The number of nitrogens with one attached hydrogen (secondary N) is 4. The molecule has 3 aromatic heterocycles. The van der Waals surface area contributed by atoms with Gasteiger partial charge in [0.1, 0.15) is 23.2 Å². The Bertz CT molecular complexity index is 1880. The van der Waals surface area contributed by atoms with E-state index in [1.807, 2.05) is 31.2 Å². The molecule has 0 aliphatic rings. The molecule has 0 atom stereocenters. The zero-order chi connectivity index (χ0) is 27.5. The SMILES string of the molecule is C=C(NC)C(/N=N/c1c(C#N)cnn1-c1nc2ccccc2s1)=C(C)\C=C(/N)Nc1ccc2[nH]c(=O)[nH]c2c1. The number of fused-ring (bicyclic) bond motifs is 2. The van der Waals surface area contributed by atoms with Crippen LogP contribution in [0, 0.1) is 11.3 Å². The van der Waals surface area contributed by atoms with Gasteiger partial charge in [0.05, 0.1) is 33.1 Å². The summed E-state index contributed by atoms with van der Waals surface area (Å²) in [6.07, 6.45) is 3.12. The molecular weight excluding hydrogens is 514 g/mol. The molecule has 0 radical (unpaired) electrons. The van der Waals surface area contributed by atoms with Crippen molar-refractivity contribution in [1.82, 2.24) is 30.0 Å². The number of H-pyrrole nitrogens is 2. The molecule has 0 bridgehead atoms. The smallest absolute Gasteiger partial charge is 0.323 e. The molecule has 0 unspecified atom stereocenters. The van der Waals surface area contributed by atoms with E-state index in [-0.39, 0.29) is 17.1 Å². The van der Waals surface area contributed by atoms with Gasteiger partial charge >= 0.3 is 5.69 Å². The number of thiazole rings is 1. The summed E-state index contributed by atoms with van der Waals surface area (Å²) in [5, 5.41) is 29.4. The standard InChI is InChI=1S/C26H23N11OS/c1-14(10-22(28)31-17-8-9-18-20(11-17)33-25(38)32-18)23(15(2)29-3)35-36-24-16(12-27)13-30-37(24)26-34-19-6-4-5-7-21(19)39-26/h4-11,13,29,31H,2,28H2,1,3H3,(H2,32,33,38)/b22-10+,23-14+,36-35+. The van der Waals surface area contributed by atoms with Crippen molar-refractivity contribution in [3.63, 3.8) is 0 Å². The second kappa shape index (κ2) is 10.5. The van der Waals surface area contributed by atoms with E-state index in [1.165, 1.54) is 22.2 Å². The van der Waals surface area contributed by atoms with Crippen LogP contribution in [0.15, 0.2) is 99.1 Å². The highest BCUT2D eigenvalue weighted by atomic mass is 32.1. The van der Waals surface area contributed by atoms with Crippen LogP contribution in [0.2, 0.25) is 0 Å². The van der Waals surface area contributed by atoms with Crippen LogP contribution in [0.1, 0.15) is 12.5 Å². The molecule has 0 spiro atoms. The van der Waals surface area contributed by atoms with E-state index in [2.05, 4.69) is 53.6 Å². The minimum absolute atomic E-state index is 0.245. The van der Waals surface area contributed by atoms with Crippen LogP contribution in [0.4, 0.5) is 11.5 Å². The number of para-hydroxylation sites is 1. The van der Waals surface area contributed by atoms with Crippen molar-refractivity contribution in [3.8, 4) is 11.2 Å². The van der Waals surface area contributed by atoms with Gasteiger partial charge in [0.15, 0.2) is 5.82 Å². The molecule has 0 aliphatic heterocycles. The van der Waals surface area contributed by atoms with E-state index >= 15 is 0 Å². The molecule has 6 N–H and O–H groups in total. The Kier molecular flexibility index (Phi) is 6.77. The Morgan fingerprint density at radius 2 is 2.05 bits per heavy atom. The second-order valence-electron chi connectivity index (χ2n) is 8.39. The van der Waals surface area contributed by atoms with Crippen LogP contribution in [0.3, 0.4) is 0 Å². The average molecular weight is 538 g/mol. The molecular formula is C26H23N11OS. The van der Waals surface area contributed by atoms with Gasteiger partial charge in [-0.3, -0.25) is 0 Å². The first-order valence-corrected chi connectivity index (χ1v) is 12.5. The first-order valence-electron chi connectivity index (χ1n) is 11.7. The van der Waals surface area contributed by atoms with E-state index in [0.29, 0.717) is 44.6 Å². The Hall–Kier alpha value is -5.48. The minimum Gasteiger partial charge on any atom is -0.387 e. The number of aromatic amines is 2. The third-order valence-electron chi connectivity index (χ3n) is 5.71. The van der Waals surface area contributed by atoms with Crippen LogP contribution in [0.25, 0.3) is 26.4 Å². The lowest BCUT2D eigenvalue weighted by Gasteiger charge is -2.10. The number of benzene rings is 2. The molecule has 5 aromatic rings. The monoisotopic (exact) mass is 537 g/mol. The van der Waals surface area contributed by atoms with Crippen molar-refractivity contribution in [2.24, 2.45) is 16.0 Å². The van der Waals surface area contributed by atoms with Gasteiger partial charge in [0.2, 0.25) is 5.13 Å². The lowest BCUT2D eigenvalue weighted by atomic mass is 10.2. The number of hydrogen-bond acceptors (Lipinski definition) is 10. The van der Waals surface area contributed by atoms with Gasteiger partial charge in [-0.05, 0) is 48.9 Å². The summed E-state index contributed by atoms with van der Waals surface area (Å²) in [4.78, 5) is 21.6. The summed E-state index contributed by atoms with van der Waals surface area (Å²) < 4.78 is 2.48. The molecule has 13 heteroatoms. The van der Waals surface area contributed by atoms with Crippen LogP contribution in [-0.4, -0.2) is 31.8 Å². The molecule has 3 heterocycles. The first-order chi connectivity index (χ1) is 18.9. The molecule has 12 nitrogen and oxygen atoms in total. The topological polar surface area (TPSA) is 178 Å². The highest BCUT2D eigenvalue weighted by Crippen LogP contribution is 2.30. The van der Waals surface area contributed by atoms with Gasteiger partial charge in [-0.1, -0.05) is 30.0 Å². The molecule has 5 rings (SSSR count). The number of nitriles is 1. The lowest BCUT2D eigenvalue weighted by Crippen LogP contribution is -2.11. The van der Waals surface area contributed by atoms with Gasteiger partial charge in [0.25, 0.3) is 0 Å². The number of allylic oxidation sites excluding steroid dienone is 2. The summed E-state index contributed by atoms with van der Waals surface area (Å²) in [5.74, 6) is 0.577. The van der Waals surface area contributed by atoms with E-state index in [0.717, 1.165) is 10.2 Å². The van der Waals surface area contributed by atoms with Crippen LogP contribution >= 0.6 is 11.3 Å². The average Bonchev–Trinajstić information content (AvgIpc) is 3.63. The number of azo groups is 1. The Morgan fingerprint density at radius 1 is 1.26 bits per heavy atom. The van der Waals surface area contributed by atoms with Crippen molar-refractivity contribution < 1.29 is 0 Å². The summed E-state index contributed by atoms with van der Waals surface area (Å²) in [6, 6.07) is 15.2. The predicted molar refractivity (Wildman–Crippen MR) is 152 cm³/mol. The number of imidazole rings is 1. The fourth-order valence-electron chi connectivity index (χ4n) is 3.82. The summed E-state index contributed by atoms with van der Waals surface area (Å²) in [5.41, 5.74) is 10.7. The predicted octanol–water partition coefficient (Wildman–Crippen LogP) is 4.53. The highest BCUT2D eigenvalue weighted by Gasteiger charge is 2.16. The fraction of sp³-hybridized carbons (Fsp3) is 0.0769. The first kappa shape index (κ1) is 25.2. The largest absolute Gasteiger partial charge is 0.387 e. The number of anilines is 1. The molecule has 0 aliphatic carbocycles. The van der Waals surface area contributed by atoms with E-state index in [1.54, 1.807) is 31.3 Å². The molecule has 39 heavy (non-hydrogen) atoms. The van der Waals surface area contributed by atoms with Gasteiger partial charge in [-0.25, -0.2) is 9.78 Å². The van der Waals surface area contributed by atoms with E-state index in [4.69, 9.17) is 5.73 Å². The summed E-state index contributed by atoms with van der Waals surface area (Å²) in [7, 11) is 1.72. The number of hydrogen-bond donors (Lipinski definition) is 5. The molecule has 0 amide bonds. The number of likely N-dealkylation sites (N-methyl/N-ethyl adjacent to an activating group) is 1. The molecule has 0 saturated heterocycles. The molecule has 0 saturated carbocycles. The van der Waals surface area contributed by atoms with Gasteiger partial charge in [-0.2, -0.15) is 15.0 Å². The van der Waals surface area contributed by atoms with E-state index < -0.39 is 0 Å². The van der Waals surface area contributed by atoms with Crippen LogP contribution in [0.5, 0.6) is 0 Å². The van der Waals surface area contributed by atoms with Gasteiger partial charge in [0, 0.05) is 12.7 Å². The Morgan fingerprint density at radius 3 is 2.82 bits per heavy atom. The van der Waals surface area contributed by atoms with Gasteiger partial charge in [-0.15, -0.1) is 10.2 Å².